The maximum atomic E-state index is 12.8. The van der Waals surface area contributed by atoms with Gasteiger partial charge in [-0.05, 0) is 18.8 Å². The maximum Gasteiger partial charge on any atom is 0.244 e. The molecular formula is C20H23N5O2. The lowest BCUT2D eigenvalue weighted by molar-refractivity contribution is -0.134. The van der Waals surface area contributed by atoms with Crippen LogP contribution in [0.15, 0.2) is 49.3 Å². The fourth-order valence-corrected chi connectivity index (χ4v) is 4.20. The van der Waals surface area contributed by atoms with E-state index in [0.717, 1.165) is 18.4 Å². The van der Waals surface area contributed by atoms with Gasteiger partial charge in [0.05, 0.1) is 12.1 Å². The number of fused-ring (bicyclic) bond motifs is 2. The third kappa shape index (κ3) is 3.49. The summed E-state index contributed by atoms with van der Waals surface area (Å²) in [5.41, 5.74) is 0.925. The summed E-state index contributed by atoms with van der Waals surface area (Å²) in [6.45, 7) is 4.46. The summed E-state index contributed by atoms with van der Waals surface area (Å²) in [5.74, 6) is 0.948. The van der Waals surface area contributed by atoms with Crippen LogP contribution in [0.25, 0.3) is 11.4 Å². The highest BCUT2D eigenvalue weighted by Gasteiger charge is 2.49. The van der Waals surface area contributed by atoms with E-state index in [0.29, 0.717) is 24.7 Å². The van der Waals surface area contributed by atoms with E-state index in [1.807, 2.05) is 35.2 Å². The number of benzene rings is 1. The highest BCUT2D eigenvalue weighted by atomic mass is 16.2. The number of nitrogens with zero attached hydrogens (tertiary/aromatic N) is 4. The molecule has 2 heterocycles. The van der Waals surface area contributed by atoms with Crippen LogP contribution in [0.1, 0.15) is 19.3 Å². The monoisotopic (exact) mass is 365 g/mol. The van der Waals surface area contributed by atoms with E-state index in [2.05, 4.69) is 22.0 Å². The van der Waals surface area contributed by atoms with Crippen LogP contribution in [0.4, 0.5) is 0 Å². The SMILES string of the molecule is C=CCC(=O)N[C@@H]1[C@@H]2CC[C@H]1N(C(=O)Cn1cnc(-c3ccccc3)n1)C2. The summed E-state index contributed by atoms with van der Waals surface area (Å²) in [5, 5.41) is 7.50. The zero-order chi connectivity index (χ0) is 18.8. The molecule has 1 N–H and O–H groups in total. The van der Waals surface area contributed by atoms with Gasteiger partial charge in [-0.2, -0.15) is 5.10 Å². The van der Waals surface area contributed by atoms with Gasteiger partial charge in [-0.3, -0.25) is 9.59 Å². The predicted molar refractivity (Wildman–Crippen MR) is 100 cm³/mol. The van der Waals surface area contributed by atoms with Crippen molar-refractivity contribution in [1.82, 2.24) is 25.0 Å². The Labute approximate surface area is 158 Å². The predicted octanol–water partition coefficient (Wildman–Crippen LogP) is 1.63. The summed E-state index contributed by atoms with van der Waals surface area (Å²) in [4.78, 5) is 30.9. The lowest BCUT2D eigenvalue weighted by Gasteiger charge is -2.27. The van der Waals surface area contributed by atoms with Crippen LogP contribution < -0.4 is 5.32 Å². The molecule has 1 aromatic heterocycles. The Morgan fingerprint density at radius 1 is 1.26 bits per heavy atom. The topological polar surface area (TPSA) is 80.1 Å². The van der Waals surface area contributed by atoms with Crippen molar-refractivity contribution in [3.05, 3.63) is 49.3 Å². The zero-order valence-corrected chi connectivity index (χ0v) is 15.1. The van der Waals surface area contributed by atoms with E-state index in [9.17, 15) is 9.59 Å². The Morgan fingerprint density at radius 3 is 2.85 bits per heavy atom. The molecule has 1 aromatic carbocycles. The largest absolute Gasteiger partial charge is 0.351 e. The van der Waals surface area contributed by atoms with Crippen molar-refractivity contribution >= 4 is 11.8 Å². The first kappa shape index (κ1) is 17.5. The van der Waals surface area contributed by atoms with Gasteiger partial charge in [-0.25, -0.2) is 9.67 Å². The molecule has 4 rings (SSSR count). The number of rotatable bonds is 6. The fraction of sp³-hybridized carbons (Fsp3) is 0.400. The summed E-state index contributed by atoms with van der Waals surface area (Å²) < 4.78 is 1.59. The molecule has 2 amide bonds. The number of likely N-dealkylation sites (tertiary alicyclic amines) is 1. The smallest absolute Gasteiger partial charge is 0.244 e. The number of nitrogens with one attached hydrogen (secondary N) is 1. The van der Waals surface area contributed by atoms with E-state index in [4.69, 9.17) is 0 Å². The molecular weight excluding hydrogens is 342 g/mol. The number of amides is 2. The molecule has 2 fully saturated rings. The molecule has 1 aliphatic carbocycles. The van der Waals surface area contributed by atoms with Gasteiger partial charge >= 0.3 is 0 Å². The van der Waals surface area contributed by atoms with Crippen LogP contribution in [0.2, 0.25) is 0 Å². The molecule has 0 radical (unpaired) electrons. The zero-order valence-electron chi connectivity index (χ0n) is 15.1. The molecule has 2 aromatic rings. The first-order valence-electron chi connectivity index (χ1n) is 9.30. The number of hydrogen-bond acceptors (Lipinski definition) is 4. The quantitative estimate of drug-likeness (QED) is 0.789. The Bertz CT molecular complexity index is 847. The first-order chi connectivity index (χ1) is 13.2. The molecule has 140 valence electrons. The van der Waals surface area contributed by atoms with Crippen LogP contribution in [0.5, 0.6) is 0 Å². The Morgan fingerprint density at radius 2 is 2.07 bits per heavy atom. The molecule has 0 unspecified atom stereocenters. The van der Waals surface area contributed by atoms with Gasteiger partial charge in [0.25, 0.3) is 0 Å². The van der Waals surface area contributed by atoms with Crippen molar-refractivity contribution in [3.8, 4) is 11.4 Å². The molecule has 27 heavy (non-hydrogen) atoms. The van der Waals surface area contributed by atoms with Gasteiger partial charge in [0, 0.05) is 18.5 Å². The average molecular weight is 365 g/mol. The second kappa shape index (κ2) is 7.34. The number of aromatic nitrogens is 3. The number of carbonyl (C=O) groups is 2. The Hall–Kier alpha value is -2.96. The second-order valence-corrected chi connectivity index (χ2v) is 7.17. The molecule has 0 spiro atoms. The summed E-state index contributed by atoms with van der Waals surface area (Å²) in [7, 11) is 0. The molecule has 2 bridgehead atoms. The molecule has 3 atom stereocenters. The van der Waals surface area contributed by atoms with E-state index in [1.165, 1.54) is 0 Å². The lowest BCUT2D eigenvalue weighted by atomic mass is 10.1. The van der Waals surface area contributed by atoms with Crippen LogP contribution in [-0.2, 0) is 16.1 Å². The van der Waals surface area contributed by atoms with Gasteiger partial charge in [-0.15, -0.1) is 6.58 Å². The summed E-state index contributed by atoms with van der Waals surface area (Å²) in [6.07, 6.45) is 5.49. The van der Waals surface area contributed by atoms with Crippen LogP contribution in [0, 0.1) is 5.92 Å². The van der Waals surface area contributed by atoms with Crippen molar-refractivity contribution in [2.45, 2.75) is 37.9 Å². The van der Waals surface area contributed by atoms with Crippen LogP contribution in [-0.4, -0.2) is 50.1 Å². The lowest BCUT2D eigenvalue weighted by Crippen LogP contribution is -2.46. The van der Waals surface area contributed by atoms with Gasteiger partial charge in [0.15, 0.2) is 5.82 Å². The van der Waals surface area contributed by atoms with Crippen molar-refractivity contribution < 1.29 is 9.59 Å². The molecule has 1 saturated carbocycles. The second-order valence-electron chi connectivity index (χ2n) is 7.17. The third-order valence-electron chi connectivity index (χ3n) is 5.43. The average Bonchev–Trinajstić information content (AvgIpc) is 3.38. The standard InChI is InChI=1S/C20H23N5O2/c1-2-6-17(26)22-19-15-9-10-16(19)25(11-15)18(27)12-24-13-21-20(23-24)14-7-4-3-5-8-14/h2-5,7-8,13,15-16,19H,1,6,9-12H2,(H,22,26)/t15-,16-,19-/m1/s1. The normalized spacial score (nSPS) is 23.4. The van der Waals surface area contributed by atoms with E-state index >= 15 is 0 Å². The Kier molecular flexibility index (Phi) is 4.75. The van der Waals surface area contributed by atoms with Crippen molar-refractivity contribution in [3.63, 3.8) is 0 Å². The minimum Gasteiger partial charge on any atom is -0.351 e. The minimum absolute atomic E-state index is 0.0229. The van der Waals surface area contributed by atoms with Gasteiger partial charge < -0.3 is 10.2 Å². The van der Waals surface area contributed by atoms with Crippen molar-refractivity contribution in [2.75, 3.05) is 6.54 Å². The number of carbonyl (C=O) groups excluding carboxylic acids is 2. The van der Waals surface area contributed by atoms with E-state index < -0.39 is 0 Å². The highest BCUT2D eigenvalue weighted by molar-refractivity contribution is 5.79. The molecule has 1 saturated heterocycles. The van der Waals surface area contributed by atoms with Crippen molar-refractivity contribution in [2.24, 2.45) is 5.92 Å². The number of piperidine rings is 1. The maximum absolute atomic E-state index is 12.8. The van der Waals surface area contributed by atoms with Crippen LogP contribution in [0.3, 0.4) is 0 Å². The highest BCUT2D eigenvalue weighted by Crippen LogP contribution is 2.38. The van der Waals surface area contributed by atoms with Gasteiger partial charge in [0.1, 0.15) is 12.9 Å². The molecule has 2 aliphatic rings. The van der Waals surface area contributed by atoms with E-state index in [-0.39, 0.29) is 30.4 Å². The molecule has 7 heteroatoms. The van der Waals surface area contributed by atoms with Gasteiger partial charge in [0.2, 0.25) is 11.8 Å². The number of hydrogen-bond donors (Lipinski definition) is 1. The summed E-state index contributed by atoms with van der Waals surface area (Å²) >= 11 is 0. The molecule has 1 aliphatic heterocycles. The van der Waals surface area contributed by atoms with Crippen molar-refractivity contribution in [1.29, 1.82) is 0 Å². The molecule has 7 nitrogen and oxygen atoms in total. The first-order valence-corrected chi connectivity index (χ1v) is 9.30. The summed E-state index contributed by atoms with van der Waals surface area (Å²) in [6, 6.07) is 9.82. The van der Waals surface area contributed by atoms with Crippen LogP contribution >= 0.6 is 0 Å². The van der Waals surface area contributed by atoms with Gasteiger partial charge in [-0.1, -0.05) is 36.4 Å². The minimum atomic E-state index is -0.0232. The fourth-order valence-electron chi connectivity index (χ4n) is 4.20. The third-order valence-corrected chi connectivity index (χ3v) is 5.43. The Balaban J connectivity index is 1.40. The van der Waals surface area contributed by atoms with E-state index in [1.54, 1.807) is 17.1 Å².